The Hall–Kier alpha value is 0.0900. The molecule has 0 atom stereocenters. The summed E-state index contributed by atoms with van der Waals surface area (Å²) in [4.78, 5) is 11.9. The minimum atomic E-state index is -0.810. The highest BCUT2D eigenvalue weighted by atomic mass is 79.9. The van der Waals surface area contributed by atoms with Gasteiger partial charge in [-0.25, -0.2) is 0 Å². The Bertz CT molecular complexity index is 402. The summed E-state index contributed by atoms with van der Waals surface area (Å²) >= 11 is 8.12. The molecule has 1 aromatic rings. The van der Waals surface area contributed by atoms with Gasteiger partial charge in [0.05, 0.1) is 18.7 Å². The molecule has 0 saturated heterocycles. The number of hydrogen-bond acceptors (Lipinski definition) is 3. The third-order valence-corrected chi connectivity index (χ3v) is 5.13. The number of rotatable bonds is 5. The van der Waals surface area contributed by atoms with Crippen LogP contribution >= 0.6 is 43.2 Å². The van der Waals surface area contributed by atoms with E-state index >= 15 is 0 Å². The van der Waals surface area contributed by atoms with Crippen molar-refractivity contribution in [3.05, 3.63) is 19.2 Å². The number of nitrogens with one attached hydrogen (secondary N) is 1. The summed E-state index contributed by atoms with van der Waals surface area (Å²) in [5, 5.41) is 12.8. The molecule has 0 bridgehead atoms. The highest BCUT2D eigenvalue weighted by Crippen LogP contribution is 2.31. The molecule has 0 aliphatic heterocycles. The van der Waals surface area contributed by atoms with Crippen LogP contribution in [0.4, 0.5) is 0 Å². The number of hydrogen-bond donors (Lipinski definition) is 2. The van der Waals surface area contributed by atoms with Crippen LogP contribution in [0.25, 0.3) is 0 Å². The van der Waals surface area contributed by atoms with Gasteiger partial charge >= 0.3 is 0 Å². The Kier molecular flexibility index (Phi) is 5.63. The number of aliphatic hydroxyl groups is 1. The van der Waals surface area contributed by atoms with Gasteiger partial charge in [-0.15, -0.1) is 11.3 Å². The maximum absolute atomic E-state index is 11.9. The van der Waals surface area contributed by atoms with E-state index in [0.717, 1.165) is 7.57 Å². The third-order valence-electron chi connectivity index (χ3n) is 2.80. The van der Waals surface area contributed by atoms with Crippen molar-refractivity contribution >= 4 is 49.1 Å². The van der Waals surface area contributed by atoms with Gasteiger partial charge < -0.3 is 10.4 Å². The van der Waals surface area contributed by atoms with Crippen molar-refractivity contribution in [1.29, 1.82) is 0 Å². The lowest BCUT2D eigenvalue weighted by atomic mass is 9.97. The Balaban J connectivity index is 2.65. The summed E-state index contributed by atoms with van der Waals surface area (Å²) in [6, 6.07) is 1.76. The number of thiophene rings is 1. The number of halogens is 2. The summed E-state index contributed by atoms with van der Waals surface area (Å²) in [7, 11) is 0. The number of amides is 1. The van der Waals surface area contributed by atoms with E-state index in [1.807, 2.05) is 13.8 Å². The van der Waals surface area contributed by atoms with E-state index in [2.05, 4.69) is 37.2 Å². The lowest BCUT2D eigenvalue weighted by Crippen LogP contribution is -2.42. The molecule has 0 spiro atoms. The lowest BCUT2D eigenvalue weighted by molar-refractivity contribution is 0.0314. The van der Waals surface area contributed by atoms with Crippen LogP contribution < -0.4 is 5.32 Å². The molecule has 0 fully saturated rings. The molecule has 17 heavy (non-hydrogen) atoms. The second kappa shape index (κ2) is 6.31. The van der Waals surface area contributed by atoms with E-state index in [-0.39, 0.29) is 12.5 Å². The molecule has 0 aromatic carbocycles. The first-order chi connectivity index (χ1) is 7.91. The zero-order chi connectivity index (χ0) is 13.1. The first-order valence-corrected chi connectivity index (χ1v) is 7.77. The fourth-order valence-corrected chi connectivity index (χ4v) is 4.13. The van der Waals surface area contributed by atoms with E-state index in [0.29, 0.717) is 18.4 Å². The molecule has 3 nitrogen and oxygen atoms in total. The zero-order valence-corrected chi connectivity index (χ0v) is 13.7. The Morgan fingerprint density at radius 2 is 2.06 bits per heavy atom. The normalized spacial score (nSPS) is 11.6. The number of carbonyl (C=O) groups is 1. The molecule has 0 saturated carbocycles. The fraction of sp³-hybridized carbons (Fsp3) is 0.545. The number of carbonyl (C=O) groups excluding carboxylic acids is 1. The average Bonchev–Trinajstić information content (AvgIpc) is 2.65. The summed E-state index contributed by atoms with van der Waals surface area (Å²) in [5.41, 5.74) is -0.216. The quantitative estimate of drug-likeness (QED) is 0.815. The molecule has 1 amide bonds. The van der Waals surface area contributed by atoms with E-state index in [9.17, 15) is 9.90 Å². The molecular weight excluding hydrogens is 370 g/mol. The summed E-state index contributed by atoms with van der Waals surface area (Å²) < 4.78 is 1.69. The van der Waals surface area contributed by atoms with Gasteiger partial charge in [0.2, 0.25) is 0 Å². The van der Waals surface area contributed by atoms with E-state index in [1.165, 1.54) is 11.3 Å². The van der Waals surface area contributed by atoms with Crippen LogP contribution in [0.2, 0.25) is 0 Å². The van der Waals surface area contributed by atoms with Crippen LogP contribution in [0, 0.1) is 0 Å². The third kappa shape index (κ3) is 4.05. The van der Waals surface area contributed by atoms with Crippen LogP contribution in [0.3, 0.4) is 0 Å². The first kappa shape index (κ1) is 15.1. The highest BCUT2D eigenvalue weighted by Gasteiger charge is 2.23. The summed E-state index contributed by atoms with van der Waals surface area (Å²) in [6.07, 6.45) is 1.25. The topological polar surface area (TPSA) is 49.3 Å². The van der Waals surface area contributed by atoms with Gasteiger partial charge in [0.15, 0.2) is 0 Å². The smallest absolute Gasteiger partial charge is 0.253 e. The molecular formula is C11H15Br2NO2S. The van der Waals surface area contributed by atoms with Crippen molar-refractivity contribution in [2.75, 3.05) is 6.54 Å². The van der Waals surface area contributed by atoms with Crippen molar-refractivity contribution in [3.63, 3.8) is 0 Å². The molecule has 0 unspecified atom stereocenters. The van der Waals surface area contributed by atoms with Crippen molar-refractivity contribution < 1.29 is 9.90 Å². The van der Waals surface area contributed by atoms with Crippen LogP contribution in [0.5, 0.6) is 0 Å². The van der Waals surface area contributed by atoms with E-state index in [4.69, 9.17) is 0 Å². The highest BCUT2D eigenvalue weighted by molar-refractivity contribution is 9.12. The fourth-order valence-electron chi connectivity index (χ4n) is 1.34. The van der Waals surface area contributed by atoms with Crippen LogP contribution in [-0.2, 0) is 0 Å². The van der Waals surface area contributed by atoms with Crippen LogP contribution in [0.15, 0.2) is 13.6 Å². The van der Waals surface area contributed by atoms with Crippen molar-refractivity contribution in [2.24, 2.45) is 0 Å². The predicted octanol–water partition coefficient (Wildman–Crippen LogP) is 3.55. The first-order valence-electron chi connectivity index (χ1n) is 5.37. The van der Waals surface area contributed by atoms with Gasteiger partial charge in [-0.05, 0) is 50.8 Å². The minimum Gasteiger partial charge on any atom is -0.388 e. The molecule has 0 aliphatic carbocycles. The standard InChI is InChI=1S/C11H15Br2NO2S/c1-3-11(16,4-2)6-14-10(15)7-5-8(12)17-9(7)13/h5,16H,3-4,6H2,1-2H3,(H,14,15). The maximum atomic E-state index is 11.9. The van der Waals surface area contributed by atoms with Gasteiger partial charge in [0.1, 0.15) is 0 Å². The van der Waals surface area contributed by atoms with Gasteiger partial charge in [-0.1, -0.05) is 13.8 Å². The molecule has 1 aromatic heterocycles. The average molecular weight is 385 g/mol. The Morgan fingerprint density at radius 3 is 2.47 bits per heavy atom. The monoisotopic (exact) mass is 383 g/mol. The second-order valence-electron chi connectivity index (χ2n) is 3.85. The van der Waals surface area contributed by atoms with Crippen molar-refractivity contribution in [1.82, 2.24) is 5.32 Å². The van der Waals surface area contributed by atoms with Gasteiger partial charge in [-0.3, -0.25) is 4.79 Å². The molecule has 6 heteroatoms. The Labute approximate surface area is 122 Å². The van der Waals surface area contributed by atoms with Gasteiger partial charge in [-0.2, -0.15) is 0 Å². The van der Waals surface area contributed by atoms with E-state index < -0.39 is 5.60 Å². The molecule has 1 rings (SSSR count). The maximum Gasteiger partial charge on any atom is 0.253 e. The van der Waals surface area contributed by atoms with E-state index in [1.54, 1.807) is 6.07 Å². The van der Waals surface area contributed by atoms with Crippen LogP contribution in [-0.4, -0.2) is 23.2 Å². The minimum absolute atomic E-state index is 0.167. The summed E-state index contributed by atoms with van der Waals surface area (Å²) in [5.74, 6) is -0.167. The predicted molar refractivity (Wildman–Crippen MR) is 77.6 cm³/mol. The second-order valence-corrected chi connectivity index (χ2v) is 7.60. The largest absolute Gasteiger partial charge is 0.388 e. The van der Waals surface area contributed by atoms with Gasteiger partial charge in [0.25, 0.3) is 5.91 Å². The Morgan fingerprint density at radius 1 is 1.47 bits per heavy atom. The molecule has 96 valence electrons. The zero-order valence-electron chi connectivity index (χ0n) is 9.72. The molecule has 0 aliphatic rings. The van der Waals surface area contributed by atoms with Crippen molar-refractivity contribution in [2.45, 2.75) is 32.3 Å². The molecule has 2 N–H and O–H groups in total. The SMILES string of the molecule is CCC(O)(CC)CNC(=O)c1cc(Br)sc1Br. The van der Waals surface area contributed by atoms with Crippen molar-refractivity contribution in [3.8, 4) is 0 Å². The van der Waals surface area contributed by atoms with Crippen LogP contribution in [0.1, 0.15) is 37.0 Å². The lowest BCUT2D eigenvalue weighted by Gasteiger charge is -2.25. The summed E-state index contributed by atoms with van der Waals surface area (Å²) in [6.45, 7) is 4.10. The molecule has 1 heterocycles. The molecule has 0 radical (unpaired) electrons. The van der Waals surface area contributed by atoms with Gasteiger partial charge in [0, 0.05) is 6.54 Å².